The van der Waals surface area contributed by atoms with Crippen molar-refractivity contribution in [1.29, 1.82) is 0 Å². The van der Waals surface area contributed by atoms with Crippen molar-refractivity contribution in [3.63, 3.8) is 0 Å². The molecule has 0 spiro atoms. The average molecular weight is 227 g/mol. The zero-order valence-corrected chi connectivity index (χ0v) is 9.64. The van der Waals surface area contributed by atoms with E-state index >= 15 is 0 Å². The highest BCUT2D eigenvalue weighted by molar-refractivity contribution is 5.42. The fraction of sp³-hybridized carbons (Fsp3) is 0.143. The van der Waals surface area contributed by atoms with Crippen LogP contribution in [-0.4, -0.2) is 6.54 Å². The van der Waals surface area contributed by atoms with Crippen molar-refractivity contribution in [3.8, 4) is 0 Å². The van der Waals surface area contributed by atoms with E-state index in [4.69, 9.17) is 5.84 Å². The molecule has 0 radical (unpaired) electrons. The maximum Gasteiger partial charge on any atom is 0.0632 e. The second-order valence-corrected chi connectivity index (χ2v) is 3.88. The first-order valence-corrected chi connectivity index (χ1v) is 5.70. The summed E-state index contributed by atoms with van der Waals surface area (Å²) in [6.07, 6.45) is 0. The van der Waals surface area contributed by atoms with Crippen LogP contribution in [-0.2, 0) is 0 Å². The molecule has 0 aliphatic carbocycles. The van der Waals surface area contributed by atoms with Crippen molar-refractivity contribution in [3.05, 3.63) is 66.2 Å². The second-order valence-electron chi connectivity index (χ2n) is 3.88. The summed E-state index contributed by atoms with van der Waals surface area (Å²) in [6, 6.07) is 20.4. The standard InChI is InChI=1S/C14H17N3/c15-17-14(12-7-3-1-4-8-12)11-16-13-9-5-2-6-10-13/h1-10,14,16-17H,11,15H2/t14-/m1/s1. The van der Waals surface area contributed by atoms with Gasteiger partial charge in [0.15, 0.2) is 0 Å². The van der Waals surface area contributed by atoms with Gasteiger partial charge in [-0.3, -0.25) is 11.3 Å². The normalized spacial score (nSPS) is 12.1. The minimum absolute atomic E-state index is 0.108. The Labute approximate surface area is 102 Å². The molecule has 1 atom stereocenters. The third kappa shape index (κ3) is 3.31. The molecule has 0 saturated heterocycles. The van der Waals surface area contributed by atoms with Crippen molar-refractivity contribution in [2.45, 2.75) is 6.04 Å². The molecule has 0 heterocycles. The van der Waals surface area contributed by atoms with Crippen molar-refractivity contribution >= 4 is 5.69 Å². The molecule has 0 saturated carbocycles. The fourth-order valence-corrected chi connectivity index (χ4v) is 1.73. The average Bonchev–Trinajstić information content (AvgIpc) is 2.42. The number of benzene rings is 2. The number of hydrogen-bond donors (Lipinski definition) is 3. The molecule has 88 valence electrons. The Kier molecular flexibility index (Phi) is 4.13. The number of para-hydroxylation sites is 1. The van der Waals surface area contributed by atoms with Gasteiger partial charge in [-0.15, -0.1) is 0 Å². The lowest BCUT2D eigenvalue weighted by molar-refractivity contribution is 0.578. The summed E-state index contributed by atoms with van der Waals surface area (Å²) in [6.45, 7) is 0.754. The number of hydrazine groups is 1. The van der Waals surface area contributed by atoms with E-state index in [1.165, 1.54) is 5.56 Å². The van der Waals surface area contributed by atoms with Gasteiger partial charge in [0.2, 0.25) is 0 Å². The van der Waals surface area contributed by atoms with Crippen LogP contribution in [0.15, 0.2) is 60.7 Å². The van der Waals surface area contributed by atoms with Gasteiger partial charge in [-0.05, 0) is 17.7 Å². The Morgan fingerprint density at radius 3 is 2.06 bits per heavy atom. The van der Waals surface area contributed by atoms with Crippen LogP contribution < -0.4 is 16.6 Å². The molecule has 17 heavy (non-hydrogen) atoms. The van der Waals surface area contributed by atoms with Gasteiger partial charge >= 0.3 is 0 Å². The predicted molar refractivity (Wildman–Crippen MR) is 71.4 cm³/mol. The van der Waals surface area contributed by atoms with Crippen LogP contribution in [0.25, 0.3) is 0 Å². The molecular weight excluding hydrogens is 210 g/mol. The lowest BCUT2D eigenvalue weighted by atomic mass is 10.1. The smallest absolute Gasteiger partial charge is 0.0632 e. The van der Waals surface area contributed by atoms with E-state index in [0.717, 1.165) is 12.2 Å². The fourth-order valence-electron chi connectivity index (χ4n) is 1.73. The van der Waals surface area contributed by atoms with Gasteiger partial charge in [-0.25, -0.2) is 0 Å². The number of anilines is 1. The molecule has 0 aromatic heterocycles. The van der Waals surface area contributed by atoms with E-state index in [2.05, 4.69) is 22.9 Å². The number of nitrogens with one attached hydrogen (secondary N) is 2. The largest absolute Gasteiger partial charge is 0.383 e. The van der Waals surface area contributed by atoms with Crippen molar-refractivity contribution in [1.82, 2.24) is 5.43 Å². The Morgan fingerprint density at radius 2 is 1.47 bits per heavy atom. The predicted octanol–water partition coefficient (Wildman–Crippen LogP) is 2.30. The molecule has 4 N–H and O–H groups in total. The van der Waals surface area contributed by atoms with Crippen molar-refractivity contribution in [2.24, 2.45) is 5.84 Å². The molecule has 0 amide bonds. The molecule has 3 nitrogen and oxygen atoms in total. The van der Waals surface area contributed by atoms with E-state index in [9.17, 15) is 0 Å². The lowest BCUT2D eigenvalue weighted by Gasteiger charge is -2.17. The molecule has 0 fully saturated rings. The Morgan fingerprint density at radius 1 is 0.882 bits per heavy atom. The Hall–Kier alpha value is -1.84. The van der Waals surface area contributed by atoms with Crippen LogP contribution in [0, 0.1) is 0 Å². The Balaban J connectivity index is 1.97. The van der Waals surface area contributed by atoms with Crippen LogP contribution in [0.1, 0.15) is 11.6 Å². The van der Waals surface area contributed by atoms with Gasteiger partial charge in [0.25, 0.3) is 0 Å². The quantitative estimate of drug-likeness (QED) is 0.542. The SMILES string of the molecule is NN[C@H](CNc1ccccc1)c1ccccc1. The highest BCUT2D eigenvalue weighted by Gasteiger charge is 2.07. The topological polar surface area (TPSA) is 50.1 Å². The molecule has 2 rings (SSSR count). The molecule has 3 heteroatoms. The summed E-state index contributed by atoms with van der Waals surface area (Å²) >= 11 is 0. The number of nitrogens with two attached hydrogens (primary N) is 1. The van der Waals surface area contributed by atoms with E-state index in [0.29, 0.717) is 0 Å². The highest BCUT2D eigenvalue weighted by atomic mass is 15.2. The van der Waals surface area contributed by atoms with Gasteiger partial charge in [0.1, 0.15) is 0 Å². The van der Waals surface area contributed by atoms with E-state index in [-0.39, 0.29) is 6.04 Å². The van der Waals surface area contributed by atoms with E-state index in [1.807, 2.05) is 48.5 Å². The highest BCUT2D eigenvalue weighted by Crippen LogP contribution is 2.13. The van der Waals surface area contributed by atoms with Crippen LogP contribution in [0.5, 0.6) is 0 Å². The molecular formula is C14H17N3. The first kappa shape index (κ1) is 11.6. The molecule has 2 aromatic rings. The lowest BCUT2D eigenvalue weighted by Crippen LogP contribution is -2.32. The first-order valence-electron chi connectivity index (χ1n) is 5.70. The molecule has 0 aliphatic rings. The van der Waals surface area contributed by atoms with Crippen LogP contribution >= 0.6 is 0 Å². The summed E-state index contributed by atoms with van der Waals surface area (Å²) in [5, 5.41) is 3.35. The molecule has 2 aromatic carbocycles. The maximum absolute atomic E-state index is 5.58. The minimum atomic E-state index is 0.108. The minimum Gasteiger partial charge on any atom is -0.383 e. The summed E-state index contributed by atoms with van der Waals surface area (Å²) in [5.74, 6) is 5.58. The van der Waals surface area contributed by atoms with Gasteiger partial charge in [-0.2, -0.15) is 0 Å². The van der Waals surface area contributed by atoms with Crippen LogP contribution in [0.4, 0.5) is 5.69 Å². The Bertz CT molecular complexity index is 428. The first-order chi connectivity index (χ1) is 8.40. The van der Waals surface area contributed by atoms with E-state index in [1.54, 1.807) is 0 Å². The molecule has 0 bridgehead atoms. The summed E-state index contributed by atoms with van der Waals surface area (Å²) in [7, 11) is 0. The van der Waals surface area contributed by atoms with Gasteiger partial charge < -0.3 is 5.32 Å². The number of rotatable bonds is 5. The summed E-state index contributed by atoms with van der Waals surface area (Å²) in [4.78, 5) is 0. The molecule has 0 unspecified atom stereocenters. The van der Waals surface area contributed by atoms with Gasteiger partial charge in [0, 0.05) is 12.2 Å². The third-order valence-corrected chi connectivity index (χ3v) is 2.69. The van der Waals surface area contributed by atoms with Crippen LogP contribution in [0.3, 0.4) is 0 Å². The zero-order valence-electron chi connectivity index (χ0n) is 9.64. The van der Waals surface area contributed by atoms with E-state index < -0.39 is 0 Å². The summed E-state index contributed by atoms with van der Waals surface area (Å²) < 4.78 is 0. The second kappa shape index (κ2) is 6.03. The van der Waals surface area contributed by atoms with Crippen LogP contribution in [0.2, 0.25) is 0 Å². The van der Waals surface area contributed by atoms with Gasteiger partial charge in [0.05, 0.1) is 6.04 Å². The van der Waals surface area contributed by atoms with Crippen molar-refractivity contribution < 1.29 is 0 Å². The monoisotopic (exact) mass is 227 g/mol. The molecule has 0 aliphatic heterocycles. The zero-order chi connectivity index (χ0) is 11.9. The van der Waals surface area contributed by atoms with Crippen molar-refractivity contribution in [2.75, 3.05) is 11.9 Å². The van der Waals surface area contributed by atoms with Gasteiger partial charge in [-0.1, -0.05) is 48.5 Å². The summed E-state index contributed by atoms with van der Waals surface area (Å²) in [5.41, 5.74) is 5.11. The maximum atomic E-state index is 5.58. The third-order valence-electron chi connectivity index (χ3n) is 2.69. The number of hydrogen-bond acceptors (Lipinski definition) is 3.